The lowest BCUT2D eigenvalue weighted by Crippen LogP contribution is -2.38. The van der Waals surface area contributed by atoms with E-state index in [2.05, 4.69) is 6.08 Å². The van der Waals surface area contributed by atoms with Gasteiger partial charge in [-0.05, 0) is 49.4 Å². The molecule has 132 valence electrons. The molecule has 3 rings (SSSR count). The summed E-state index contributed by atoms with van der Waals surface area (Å²) in [5.74, 6) is 0.376. The maximum absolute atomic E-state index is 12.7. The van der Waals surface area contributed by atoms with Crippen LogP contribution in [0.4, 0.5) is 0 Å². The summed E-state index contributed by atoms with van der Waals surface area (Å²) in [6.45, 7) is 3.05. The van der Waals surface area contributed by atoms with E-state index in [4.69, 9.17) is 11.6 Å². The zero-order valence-corrected chi connectivity index (χ0v) is 15.8. The molecule has 0 atom stereocenters. The fourth-order valence-electron chi connectivity index (χ4n) is 3.02. The molecule has 2 aromatic rings. The van der Waals surface area contributed by atoms with Gasteiger partial charge in [0.05, 0.1) is 4.90 Å². The van der Waals surface area contributed by atoms with Crippen LogP contribution >= 0.6 is 11.6 Å². The summed E-state index contributed by atoms with van der Waals surface area (Å²) in [7, 11) is -3.39. The summed E-state index contributed by atoms with van der Waals surface area (Å²) in [6, 6.07) is 14.8. The molecule has 1 heterocycles. The third-order valence-electron chi connectivity index (χ3n) is 4.61. The molecule has 0 aliphatic carbocycles. The lowest BCUT2D eigenvalue weighted by molar-refractivity contribution is 0.306. The Hall–Kier alpha value is -1.62. The molecule has 0 saturated carbocycles. The zero-order valence-electron chi connectivity index (χ0n) is 14.2. The van der Waals surface area contributed by atoms with Gasteiger partial charge >= 0.3 is 0 Å². The minimum Gasteiger partial charge on any atom is -0.207 e. The molecule has 5 heteroatoms. The van der Waals surface area contributed by atoms with Crippen LogP contribution < -0.4 is 0 Å². The van der Waals surface area contributed by atoms with Gasteiger partial charge in [0.1, 0.15) is 0 Å². The molecule has 1 aliphatic rings. The van der Waals surface area contributed by atoms with Gasteiger partial charge in [0.25, 0.3) is 0 Å². The number of nitrogens with zero attached hydrogens (tertiary/aromatic N) is 1. The summed E-state index contributed by atoms with van der Waals surface area (Å²) in [5.41, 5.74) is 2.06. The van der Waals surface area contributed by atoms with Crippen LogP contribution in [-0.2, 0) is 10.0 Å². The molecular formula is C20H22ClNO2S. The van der Waals surface area contributed by atoms with Gasteiger partial charge in [-0.1, -0.05) is 59.6 Å². The Morgan fingerprint density at radius 1 is 1.04 bits per heavy atom. The number of benzene rings is 2. The highest BCUT2D eigenvalue weighted by atomic mass is 35.5. The molecule has 25 heavy (non-hydrogen) atoms. The fourth-order valence-corrected chi connectivity index (χ4v) is 4.69. The van der Waals surface area contributed by atoms with Crippen molar-refractivity contribution < 1.29 is 8.42 Å². The summed E-state index contributed by atoms with van der Waals surface area (Å²) < 4.78 is 27.0. The van der Waals surface area contributed by atoms with Crippen LogP contribution in [0.15, 0.2) is 59.5 Å². The summed E-state index contributed by atoms with van der Waals surface area (Å²) in [6.07, 6.45) is 5.84. The molecule has 0 radical (unpaired) electrons. The molecule has 3 nitrogen and oxygen atoms in total. The van der Waals surface area contributed by atoms with Crippen molar-refractivity contribution in [2.45, 2.75) is 24.7 Å². The molecule has 2 aromatic carbocycles. The Morgan fingerprint density at radius 3 is 2.32 bits per heavy atom. The molecule has 1 aliphatic heterocycles. The fraction of sp³-hybridized carbons (Fsp3) is 0.300. The van der Waals surface area contributed by atoms with Gasteiger partial charge in [0.15, 0.2) is 0 Å². The van der Waals surface area contributed by atoms with E-state index in [1.54, 1.807) is 16.4 Å². The predicted molar refractivity (Wildman–Crippen MR) is 103 cm³/mol. The van der Waals surface area contributed by atoms with Crippen LogP contribution in [0.2, 0.25) is 5.02 Å². The molecule has 0 unspecified atom stereocenters. The smallest absolute Gasteiger partial charge is 0.207 e. The minimum atomic E-state index is -3.39. The summed E-state index contributed by atoms with van der Waals surface area (Å²) in [5, 5.41) is 0.734. The molecule has 0 N–H and O–H groups in total. The van der Waals surface area contributed by atoms with Crippen molar-refractivity contribution in [3.63, 3.8) is 0 Å². The van der Waals surface area contributed by atoms with Crippen molar-refractivity contribution in [2.75, 3.05) is 13.1 Å². The third kappa shape index (κ3) is 4.32. The van der Waals surface area contributed by atoms with Gasteiger partial charge in [0, 0.05) is 18.1 Å². The monoisotopic (exact) mass is 375 g/mol. The van der Waals surface area contributed by atoms with Gasteiger partial charge in [-0.2, -0.15) is 4.31 Å². The van der Waals surface area contributed by atoms with E-state index in [0.717, 1.165) is 29.0 Å². The van der Waals surface area contributed by atoms with Crippen LogP contribution in [0.25, 0.3) is 6.08 Å². The number of hydrogen-bond acceptors (Lipinski definition) is 2. The van der Waals surface area contributed by atoms with Crippen LogP contribution in [0, 0.1) is 12.8 Å². The van der Waals surface area contributed by atoms with Gasteiger partial charge < -0.3 is 0 Å². The number of piperidine rings is 1. The Morgan fingerprint density at radius 2 is 1.68 bits per heavy atom. The largest absolute Gasteiger partial charge is 0.243 e. The maximum Gasteiger partial charge on any atom is 0.243 e. The summed E-state index contributed by atoms with van der Waals surface area (Å²) in [4.78, 5) is 0.378. The Labute approximate surface area is 155 Å². The van der Waals surface area contributed by atoms with Crippen LogP contribution in [0.5, 0.6) is 0 Å². The van der Waals surface area contributed by atoms with Crippen molar-refractivity contribution in [3.05, 3.63) is 70.8 Å². The average Bonchev–Trinajstić information content (AvgIpc) is 2.62. The van der Waals surface area contributed by atoms with E-state index in [0.29, 0.717) is 23.9 Å². The van der Waals surface area contributed by atoms with E-state index in [1.165, 1.54) is 0 Å². The Kier molecular flexibility index (Phi) is 5.62. The topological polar surface area (TPSA) is 37.4 Å². The zero-order chi connectivity index (χ0) is 17.9. The second-order valence-corrected chi connectivity index (χ2v) is 8.78. The second kappa shape index (κ2) is 7.73. The van der Waals surface area contributed by atoms with Crippen molar-refractivity contribution in [2.24, 2.45) is 5.92 Å². The first kappa shape index (κ1) is 18.2. The first-order chi connectivity index (χ1) is 12.0. The quantitative estimate of drug-likeness (QED) is 0.772. The lowest BCUT2D eigenvalue weighted by atomic mass is 9.97. The highest BCUT2D eigenvalue weighted by molar-refractivity contribution is 7.89. The molecule has 0 amide bonds. The average molecular weight is 376 g/mol. The van der Waals surface area contributed by atoms with Gasteiger partial charge in [0.2, 0.25) is 10.0 Å². The Bertz CT molecular complexity index is 852. The van der Waals surface area contributed by atoms with Gasteiger partial charge in [-0.15, -0.1) is 0 Å². The molecular weight excluding hydrogens is 354 g/mol. The maximum atomic E-state index is 12.7. The number of sulfonamides is 1. The van der Waals surface area contributed by atoms with E-state index < -0.39 is 10.0 Å². The van der Waals surface area contributed by atoms with E-state index >= 15 is 0 Å². The highest BCUT2D eigenvalue weighted by Crippen LogP contribution is 2.26. The summed E-state index contributed by atoms with van der Waals surface area (Å²) >= 11 is 6.17. The number of halogens is 1. The normalized spacial score (nSPS) is 17.2. The minimum absolute atomic E-state index is 0.376. The molecule has 0 bridgehead atoms. The number of rotatable bonds is 4. The standard InChI is InChI=1S/C20H22ClNO2S/c1-16-6-10-19(11-7-16)25(23,24)22-14-12-17(13-15-22)8-9-18-4-2-3-5-20(18)21/h2-11,17H,12-15H2,1H3/b9-8+. The van der Waals surface area contributed by atoms with Crippen LogP contribution in [0.3, 0.4) is 0 Å². The van der Waals surface area contributed by atoms with Crippen molar-refractivity contribution >= 4 is 27.7 Å². The van der Waals surface area contributed by atoms with Crippen molar-refractivity contribution in [3.8, 4) is 0 Å². The van der Waals surface area contributed by atoms with Crippen LogP contribution in [0.1, 0.15) is 24.0 Å². The first-order valence-corrected chi connectivity index (χ1v) is 10.3. The predicted octanol–water partition coefficient (Wildman–Crippen LogP) is 4.76. The number of aryl methyl sites for hydroxylation is 1. The molecule has 1 saturated heterocycles. The second-order valence-electron chi connectivity index (χ2n) is 6.44. The highest BCUT2D eigenvalue weighted by Gasteiger charge is 2.28. The van der Waals surface area contributed by atoms with E-state index in [1.807, 2.05) is 49.4 Å². The lowest BCUT2D eigenvalue weighted by Gasteiger charge is -2.30. The third-order valence-corrected chi connectivity index (χ3v) is 6.87. The molecule has 0 spiro atoms. The first-order valence-electron chi connectivity index (χ1n) is 8.46. The SMILES string of the molecule is Cc1ccc(S(=O)(=O)N2CCC(/C=C/c3ccccc3Cl)CC2)cc1. The van der Waals surface area contributed by atoms with Gasteiger partial charge in [-0.25, -0.2) is 8.42 Å². The van der Waals surface area contributed by atoms with E-state index in [-0.39, 0.29) is 0 Å². The van der Waals surface area contributed by atoms with Crippen LogP contribution in [-0.4, -0.2) is 25.8 Å². The van der Waals surface area contributed by atoms with E-state index in [9.17, 15) is 8.42 Å². The Balaban J connectivity index is 1.63. The number of hydrogen-bond donors (Lipinski definition) is 0. The van der Waals surface area contributed by atoms with Gasteiger partial charge in [-0.3, -0.25) is 0 Å². The molecule has 0 aromatic heterocycles. The molecule has 1 fully saturated rings. The number of allylic oxidation sites excluding steroid dienone is 1. The van der Waals surface area contributed by atoms with Crippen molar-refractivity contribution in [1.29, 1.82) is 0 Å². The van der Waals surface area contributed by atoms with Crippen molar-refractivity contribution in [1.82, 2.24) is 4.31 Å².